The largest absolute Gasteiger partial charge is 0.411 e. The maximum atomic E-state index is 8.55. The van der Waals surface area contributed by atoms with Gasteiger partial charge in [-0.3, -0.25) is 0 Å². The average Bonchev–Trinajstić information content (AvgIpc) is 2.20. The van der Waals surface area contributed by atoms with Crippen LogP contribution in [0.3, 0.4) is 0 Å². The summed E-state index contributed by atoms with van der Waals surface area (Å²) in [6.45, 7) is 1.64. The van der Waals surface area contributed by atoms with E-state index >= 15 is 0 Å². The third-order valence-electron chi connectivity index (χ3n) is 1.67. The number of nitrogens with two attached hydrogens (primary N) is 1. The highest BCUT2D eigenvalue weighted by atomic mass is 16.4. The summed E-state index contributed by atoms with van der Waals surface area (Å²) in [4.78, 5) is 0. The van der Waals surface area contributed by atoms with Crippen LogP contribution in [0.25, 0.3) is 0 Å². The third kappa shape index (κ3) is 2.05. The highest BCUT2D eigenvalue weighted by molar-refractivity contribution is 6.47. The van der Waals surface area contributed by atoms with Gasteiger partial charge in [-0.25, -0.2) is 0 Å². The summed E-state index contributed by atoms with van der Waals surface area (Å²) in [7, 11) is 0. The molecule has 3 N–H and O–H groups in total. The van der Waals surface area contributed by atoms with E-state index in [1.54, 1.807) is 6.92 Å². The van der Waals surface area contributed by atoms with E-state index in [1.807, 2.05) is 30.3 Å². The van der Waals surface area contributed by atoms with E-state index in [2.05, 4.69) is 10.3 Å². The van der Waals surface area contributed by atoms with Crippen molar-refractivity contribution < 1.29 is 5.21 Å². The van der Waals surface area contributed by atoms with Gasteiger partial charge in [0.1, 0.15) is 11.4 Å². The first kappa shape index (κ1) is 9.25. The number of rotatable bonds is 2. The molecule has 1 aromatic carbocycles. The Kier molecular flexibility index (Phi) is 3.03. The van der Waals surface area contributed by atoms with Gasteiger partial charge in [0.2, 0.25) is 0 Å². The van der Waals surface area contributed by atoms with Crippen molar-refractivity contribution in [1.29, 1.82) is 0 Å². The fraction of sp³-hybridized carbons (Fsp3) is 0.111. The molecule has 1 rings (SSSR count). The lowest BCUT2D eigenvalue weighted by Gasteiger charge is -2.01. The van der Waals surface area contributed by atoms with Crippen molar-refractivity contribution >= 4 is 11.4 Å². The van der Waals surface area contributed by atoms with Crippen LogP contribution in [0.4, 0.5) is 0 Å². The van der Waals surface area contributed by atoms with Crippen LogP contribution >= 0.6 is 0 Å². The van der Waals surface area contributed by atoms with E-state index in [0.717, 1.165) is 5.56 Å². The molecule has 0 radical (unpaired) electrons. The van der Waals surface area contributed by atoms with Crippen LogP contribution in [-0.2, 0) is 0 Å². The zero-order chi connectivity index (χ0) is 9.68. The van der Waals surface area contributed by atoms with Gasteiger partial charge in [-0.05, 0) is 6.92 Å². The quantitative estimate of drug-likeness (QED) is 0.308. The smallest absolute Gasteiger partial charge is 0.114 e. The minimum Gasteiger partial charge on any atom is -0.411 e. The topological polar surface area (TPSA) is 71.0 Å². The molecule has 0 bridgehead atoms. The van der Waals surface area contributed by atoms with Crippen LogP contribution in [0.1, 0.15) is 12.5 Å². The van der Waals surface area contributed by atoms with E-state index in [1.165, 1.54) is 0 Å². The molecule has 1 aromatic rings. The van der Waals surface area contributed by atoms with Crippen LogP contribution in [0.15, 0.2) is 40.6 Å². The average molecular weight is 177 g/mol. The van der Waals surface area contributed by atoms with Crippen LogP contribution < -0.4 is 5.84 Å². The molecule has 0 saturated heterocycles. The predicted octanol–water partition coefficient (Wildman–Crippen LogP) is 1.20. The third-order valence-corrected chi connectivity index (χ3v) is 1.67. The summed E-state index contributed by atoms with van der Waals surface area (Å²) < 4.78 is 0. The van der Waals surface area contributed by atoms with Crippen LogP contribution in [0.2, 0.25) is 0 Å². The Labute approximate surface area is 76.4 Å². The fourth-order valence-electron chi connectivity index (χ4n) is 1.02. The summed E-state index contributed by atoms with van der Waals surface area (Å²) in [6.07, 6.45) is 0. The monoisotopic (exact) mass is 177 g/mol. The minimum atomic E-state index is 0.397. The van der Waals surface area contributed by atoms with Crippen LogP contribution in [0, 0.1) is 0 Å². The molecule has 0 aliphatic heterocycles. The molecule has 4 nitrogen and oxygen atoms in total. The number of benzene rings is 1. The zero-order valence-corrected chi connectivity index (χ0v) is 7.31. The van der Waals surface area contributed by atoms with E-state index in [-0.39, 0.29) is 0 Å². The molecule has 0 aromatic heterocycles. The molecule has 0 atom stereocenters. The standard InChI is InChI=1S/C9H11N3O/c1-7(12-13)9(11-10)8-5-3-2-4-6-8/h2-6,13H,10H2,1H3/b11-9+,12-7+. The second-order valence-corrected chi connectivity index (χ2v) is 2.53. The molecule has 0 aliphatic carbocycles. The molecule has 0 spiro atoms. The summed E-state index contributed by atoms with van der Waals surface area (Å²) in [5.41, 5.74) is 1.72. The number of nitrogens with zero attached hydrogens (tertiary/aromatic N) is 2. The lowest BCUT2D eigenvalue weighted by molar-refractivity contribution is 0.320. The van der Waals surface area contributed by atoms with E-state index in [9.17, 15) is 0 Å². The Morgan fingerprint density at radius 2 is 1.92 bits per heavy atom. The zero-order valence-electron chi connectivity index (χ0n) is 7.31. The minimum absolute atomic E-state index is 0.397. The maximum Gasteiger partial charge on any atom is 0.114 e. The van der Waals surface area contributed by atoms with Crippen molar-refractivity contribution in [2.45, 2.75) is 6.92 Å². The highest BCUT2D eigenvalue weighted by Crippen LogP contribution is 2.01. The molecular formula is C9H11N3O. The van der Waals surface area contributed by atoms with Gasteiger partial charge in [-0.2, -0.15) is 5.10 Å². The summed E-state index contributed by atoms with van der Waals surface area (Å²) in [5, 5.41) is 15.1. The first-order chi connectivity index (χ1) is 6.29. The number of oxime groups is 1. The maximum absolute atomic E-state index is 8.55. The second-order valence-electron chi connectivity index (χ2n) is 2.53. The molecule has 0 unspecified atom stereocenters. The first-order valence-electron chi connectivity index (χ1n) is 3.82. The van der Waals surface area contributed by atoms with Gasteiger partial charge in [-0.15, -0.1) is 0 Å². The van der Waals surface area contributed by atoms with Crippen molar-refractivity contribution in [2.24, 2.45) is 16.1 Å². The lowest BCUT2D eigenvalue weighted by Crippen LogP contribution is -2.14. The van der Waals surface area contributed by atoms with Crippen molar-refractivity contribution in [3.8, 4) is 0 Å². The van der Waals surface area contributed by atoms with Crippen molar-refractivity contribution in [1.82, 2.24) is 0 Å². The highest BCUT2D eigenvalue weighted by Gasteiger charge is 2.06. The molecule has 0 amide bonds. The Balaban J connectivity index is 3.07. The number of hydrazone groups is 1. The Morgan fingerprint density at radius 3 is 2.38 bits per heavy atom. The SMILES string of the molecule is CC(=N\O)/C(=N\N)c1ccccc1. The van der Waals surface area contributed by atoms with E-state index in [4.69, 9.17) is 11.0 Å². The van der Waals surface area contributed by atoms with Crippen molar-refractivity contribution in [3.63, 3.8) is 0 Å². The summed E-state index contributed by atoms with van der Waals surface area (Å²) in [6, 6.07) is 9.32. The normalized spacial score (nSPS) is 13.0. The van der Waals surface area contributed by atoms with E-state index < -0.39 is 0 Å². The van der Waals surface area contributed by atoms with Gasteiger partial charge < -0.3 is 11.0 Å². The Bertz CT molecular complexity index is 330. The van der Waals surface area contributed by atoms with Gasteiger partial charge >= 0.3 is 0 Å². The van der Waals surface area contributed by atoms with Gasteiger partial charge in [0.15, 0.2) is 0 Å². The predicted molar refractivity (Wildman–Crippen MR) is 52.1 cm³/mol. The van der Waals surface area contributed by atoms with Crippen molar-refractivity contribution in [3.05, 3.63) is 35.9 Å². The first-order valence-corrected chi connectivity index (χ1v) is 3.82. The molecule has 0 heterocycles. The summed E-state index contributed by atoms with van der Waals surface area (Å²) >= 11 is 0. The summed E-state index contributed by atoms with van der Waals surface area (Å²) in [5.74, 6) is 5.18. The van der Waals surface area contributed by atoms with Gasteiger partial charge in [0.05, 0.1) is 0 Å². The number of hydrogen-bond donors (Lipinski definition) is 2. The van der Waals surface area contributed by atoms with Gasteiger partial charge in [0, 0.05) is 5.56 Å². The molecule has 13 heavy (non-hydrogen) atoms. The van der Waals surface area contributed by atoms with Crippen LogP contribution in [-0.4, -0.2) is 16.6 Å². The van der Waals surface area contributed by atoms with E-state index in [0.29, 0.717) is 11.4 Å². The van der Waals surface area contributed by atoms with Crippen LogP contribution in [0.5, 0.6) is 0 Å². The number of hydrogen-bond acceptors (Lipinski definition) is 4. The molecule has 0 saturated carbocycles. The van der Waals surface area contributed by atoms with Gasteiger partial charge in [-0.1, -0.05) is 35.5 Å². The lowest BCUT2D eigenvalue weighted by atomic mass is 10.1. The van der Waals surface area contributed by atoms with Crippen molar-refractivity contribution in [2.75, 3.05) is 0 Å². The molecule has 0 aliphatic rings. The molecule has 4 heteroatoms. The van der Waals surface area contributed by atoms with Gasteiger partial charge in [0.25, 0.3) is 0 Å². The Hall–Kier alpha value is -1.84. The second kappa shape index (κ2) is 4.25. The fourth-order valence-corrected chi connectivity index (χ4v) is 1.02. The molecule has 68 valence electrons. The molecule has 0 fully saturated rings. The molecular weight excluding hydrogens is 166 g/mol. The Morgan fingerprint density at radius 1 is 1.31 bits per heavy atom.